The number of carbonyl (C=O) groups excluding carboxylic acids is 1. The molecule has 0 fully saturated rings. The highest BCUT2D eigenvalue weighted by molar-refractivity contribution is 7.19. The molecule has 2 aromatic rings. The molecule has 0 bridgehead atoms. The number of thiazole rings is 1. The standard InChI is InChI=1S/C15H16F3N3O2S/c1-7(6-11(22)21-19)8(2)9-4-5-10(23-3)12-13(9)24-14(20-12)15(16,17)18/h4-5,7H,2,6,19H2,1,3H3,(H,21,22). The monoisotopic (exact) mass is 359 g/mol. The molecule has 0 saturated heterocycles. The highest BCUT2D eigenvalue weighted by Crippen LogP contribution is 2.42. The molecule has 1 aromatic heterocycles. The number of benzene rings is 1. The van der Waals surface area contributed by atoms with Gasteiger partial charge in [-0.05, 0) is 29.2 Å². The van der Waals surface area contributed by atoms with Crippen LogP contribution in [0.4, 0.5) is 13.2 Å². The first-order chi connectivity index (χ1) is 11.2. The molecule has 0 aliphatic carbocycles. The third-order valence-electron chi connectivity index (χ3n) is 3.56. The van der Waals surface area contributed by atoms with Gasteiger partial charge in [-0.1, -0.05) is 13.5 Å². The maximum absolute atomic E-state index is 13.0. The van der Waals surface area contributed by atoms with Crippen LogP contribution in [0.3, 0.4) is 0 Å². The number of nitrogens with zero attached hydrogens (tertiary/aromatic N) is 1. The SMILES string of the molecule is C=C(c1ccc(OC)c2nc(C(F)(F)F)sc12)C(C)CC(=O)NN. The molecule has 0 spiro atoms. The first kappa shape index (κ1) is 18.2. The lowest BCUT2D eigenvalue weighted by atomic mass is 9.92. The van der Waals surface area contributed by atoms with Crippen LogP contribution in [-0.4, -0.2) is 18.0 Å². The highest BCUT2D eigenvalue weighted by atomic mass is 32.1. The maximum atomic E-state index is 13.0. The summed E-state index contributed by atoms with van der Waals surface area (Å²) in [5.41, 5.74) is 3.19. The number of nitrogens with two attached hydrogens (primary N) is 1. The molecule has 0 aliphatic rings. The van der Waals surface area contributed by atoms with E-state index in [9.17, 15) is 18.0 Å². The van der Waals surface area contributed by atoms with Gasteiger partial charge in [-0.25, -0.2) is 10.8 Å². The van der Waals surface area contributed by atoms with Gasteiger partial charge in [0, 0.05) is 6.42 Å². The Morgan fingerprint density at radius 1 is 1.50 bits per heavy atom. The lowest BCUT2D eigenvalue weighted by Gasteiger charge is -2.15. The van der Waals surface area contributed by atoms with Crippen molar-refractivity contribution in [3.63, 3.8) is 0 Å². The van der Waals surface area contributed by atoms with E-state index in [0.29, 0.717) is 27.2 Å². The Balaban J connectivity index is 2.52. The van der Waals surface area contributed by atoms with Crippen molar-refractivity contribution in [3.05, 3.63) is 29.3 Å². The number of halogens is 3. The predicted molar refractivity (Wildman–Crippen MR) is 86.3 cm³/mol. The van der Waals surface area contributed by atoms with Gasteiger partial charge >= 0.3 is 6.18 Å². The van der Waals surface area contributed by atoms with Crippen LogP contribution in [-0.2, 0) is 11.0 Å². The van der Waals surface area contributed by atoms with Crippen LogP contribution in [0.1, 0.15) is 23.9 Å². The van der Waals surface area contributed by atoms with Crippen LogP contribution >= 0.6 is 11.3 Å². The summed E-state index contributed by atoms with van der Waals surface area (Å²) in [6.07, 6.45) is -4.47. The van der Waals surface area contributed by atoms with Gasteiger partial charge < -0.3 is 4.74 Å². The number of allylic oxidation sites excluding steroid dienone is 1. The number of hydrazine groups is 1. The van der Waals surface area contributed by atoms with E-state index >= 15 is 0 Å². The Morgan fingerprint density at radius 3 is 2.71 bits per heavy atom. The van der Waals surface area contributed by atoms with Crippen molar-refractivity contribution in [1.82, 2.24) is 10.4 Å². The number of nitrogens with one attached hydrogen (secondary N) is 1. The van der Waals surface area contributed by atoms with E-state index in [2.05, 4.69) is 11.6 Å². The van der Waals surface area contributed by atoms with Crippen LogP contribution in [0.2, 0.25) is 0 Å². The first-order valence-electron chi connectivity index (χ1n) is 6.92. The van der Waals surface area contributed by atoms with Crippen molar-refractivity contribution < 1.29 is 22.7 Å². The fourth-order valence-electron chi connectivity index (χ4n) is 2.25. The van der Waals surface area contributed by atoms with Gasteiger partial charge in [-0.15, -0.1) is 11.3 Å². The van der Waals surface area contributed by atoms with Gasteiger partial charge in [0.25, 0.3) is 0 Å². The average molecular weight is 359 g/mol. The van der Waals surface area contributed by atoms with Crippen molar-refractivity contribution in [1.29, 1.82) is 0 Å². The molecule has 1 atom stereocenters. The third kappa shape index (κ3) is 3.51. The smallest absolute Gasteiger partial charge is 0.443 e. The maximum Gasteiger partial charge on any atom is 0.443 e. The summed E-state index contributed by atoms with van der Waals surface area (Å²) in [5, 5.41) is -0.955. The average Bonchev–Trinajstić information content (AvgIpc) is 2.98. The number of amides is 1. The number of aromatic nitrogens is 1. The Labute approximate surface area is 140 Å². The highest BCUT2D eigenvalue weighted by Gasteiger charge is 2.36. The Bertz CT molecular complexity index is 786. The fraction of sp³-hybridized carbons (Fsp3) is 0.333. The molecule has 0 radical (unpaired) electrons. The van der Waals surface area contributed by atoms with Crippen LogP contribution in [0, 0.1) is 5.92 Å². The summed E-state index contributed by atoms with van der Waals surface area (Å²) in [6.45, 7) is 5.67. The van der Waals surface area contributed by atoms with Crippen molar-refractivity contribution in [2.75, 3.05) is 7.11 Å². The van der Waals surface area contributed by atoms with Crippen molar-refractivity contribution in [2.24, 2.45) is 11.8 Å². The minimum absolute atomic E-state index is 0.0772. The van der Waals surface area contributed by atoms with E-state index in [1.165, 1.54) is 7.11 Å². The number of hydrogen-bond donors (Lipinski definition) is 2. The summed E-state index contributed by atoms with van der Waals surface area (Å²) < 4.78 is 44.4. The van der Waals surface area contributed by atoms with Gasteiger partial charge in [0.1, 0.15) is 11.3 Å². The molecule has 24 heavy (non-hydrogen) atoms. The molecular formula is C15H16F3N3O2S. The van der Waals surface area contributed by atoms with Gasteiger partial charge in [0.15, 0.2) is 5.01 Å². The minimum atomic E-state index is -4.54. The van der Waals surface area contributed by atoms with E-state index < -0.39 is 11.2 Å². The van der Waals surface area contributed by atoms with Crippen molar-refractivity contribution >= 4 is 33.0 Å². The summed E-state index contributed by atoms with van der Waals surface area (Å²) in [4.78, 5) is 15.1. The molecule has 1 amide bonds. The quantitative estimate of drug-likeness (QED) is 0.488. The second-order valence-electron chi connectivity index (χ2n) is 5.21. The number of rotatable bonds is 5. The van der Waals surface area contributed by atoms with Crippen LogP contribution in [0.25, 0.3) is 15.8 Å². The zero-order chi connectivity index (χ0) is 18.1. The largest absolute Gasteiger partial charge is 0.494 e. The van der Waals surface area contributed by atoms with Gasteiger partial charge in [-0.3, -0.25) is 10.2 Å². The Kier molecular flexibility index (Phi) is 5.14. The van der Waals surface area contributed by atoms with E-state index in [-0.39, 0.29) is 29.5 Å². The van der Waals surface area contributed by atoms with Gasteiger partial charge in [-0.2, -0.15) is 13.2 Å². The summed E-state index contributed by atoms with van der Waals surface area (Å²) in [7, 11) is 1.37. The lowest BCUT2D eigenvalue weighted by molar-refractivity contribution is -0.137. The molecule has 2 rings (SSSR count). The molecule has 0 saturated carbocycles. The zero-order valence-electron chi connectivity index (χ0n) is 13.0. The van der Waals surface area contributed by atoms with Crippen LogP contribution in [0.5, 0.6) is 5.75 Å². The number of ether oxygens (including phenoxy) is 1. The van der Waals surface area contributed by atoms with E-state index in [1.54, 1.807) is 19.1 Å². The molecule has 130 valence electrons. The van der Waals surface area contributed by atoms with Crippen molar-refractivity contribution in [3.8, 4) is 5.75 Å². The topological polar surface area (TPSA) is 77.2 Å². The second kappa shape index (κ2) is 6.78. The summed E-state index contributed by atoms with van der Waals surface area (Å²) in [5.74, 6) is 4.63. The van der Waals surface area contributed by atoms with Gasteiger partial charge in [0.05, 0.1) is 11.8 Å². The van der Waals surface area contributed by atoms with Crippen LogP contribution in [0.15, 0.2) is 18.7 Å². The Hall–Kier alpha value is -2.13. The summed E-state index contributed by atoms with van der Waals surface area (Å²) >= 11 is 0.529. The first-order valence-corrected chi connectivity index (χ1v) is 7.74. The number of methoxy groups -OCH3 is 1. The third-order valence-corrected chi connectivity index (χ3v) is 4.70. The fourth-order valence-corrected chi connectivity index (χ4v) is 3.25. The number of fused-ring (bicyclic) bond motifs is 1. The molecule has 5 nitrogen and oxygen atoms in total. The van der Waals surface area contributed by atoms with Crippen molar-refractivity contribution in [2.45, 2.75) is 19.5 Å². The van der Waals surface area contributed by atoms with Crippen LogP contribution < -0.4 is 16.0 Å². The second-order valence-corrected chi connectivity index (χ2v) is 6.21. The zero-order valence-corrected chi connectivity index (χ0v) is 13.8. The minimum Gasteiger partial charge on any atom is -0.494 e. The molecule has 1 unspecified atom stereocenters. The van der Waals surface area contributed by atoms with E-state index in [0.717, 1.165) is 0 Å². The normalized spacial score (nSPS) is 12.9. The predicted octanol–water partition coefficient (Wildman–Crippen LogP) is 3.35. The Morgan fingerprint density at radius 2 is 2.17 bits per heavy atom. The molecule has 1 aromatic carbocycles. The van der Waals surface area contributed by atoms with E-state index in [1.807, 2.05) is 5.43 Å². The molecular weight excluding hydrogens is 343 g/mol. The molecule has 9 heteroatoms. The van der Waals surface area contributed by atoms with Gasteiger partial charge in [0.2, 0.25) is 5.91 Å². The summed E-state index contributed by atoms with van der Waals surface area (Å²) in [6, 6.07) is 3.16. The lowest BCUT2D eigenvalue weighted by Crippen LogP contribution is -2.31. The molecule has 1 heterocycles. The number of carbonyl (C=O) groups is 1. The number of hydrogen-bond acceptors (Lipinski definition) is 5. The molecule has 0 aliphatic heterocycles. The number of alkyl halides is 3. The van der Waals surface area contributed by atoms with E-state index in [4.69, 9.17) is 10.6 Å². The molecule has 3 N–H and O–H groups in total.